The molecule has 0 saturated heterocycles. The highest BCUT2D eigenvalue weighted by Crippen LogP contribution is 2.23. The van der Waals surface area contributed by atoms with Gasteiger partial charge in [0, 0.05) is 45.7 Å². The number of halogens is 3. The molecule has 9 nitrogen and oxygen atoms in total. The van der Waals surface area contributed by atoms with Crippen LogP contribution in [0.1, 0.15) is 64.3 Å². The summed E-state index contributed by atoms with van der Waals surface area (Å²) in [4.78, 5) is 14.2. The number of allylic oxidation sites excluding steroid dienone is 2. The number of carbonyl (C=O) groups excluding carboxylic acids is 1. The van der Waals surface area contributed by atoms with Crippen molar-refractivity contribution < 1.29 is 40.5 Å². The Balaban J connectivity index is -0.000000197. The van der Waals surface area contributed by atoms with E-state index in [1.54, 1.807) is 13.1 Å². The molecule has 1 aliphatic rings. The first-order chi connectivity index (χ1) is 14.5. The van der Waals surface area contributed by atoms with Gasteiger partial charge < -0.3 is 20.7 Å². The van der Waals surface area contributed by atoms with E-state index in [9.17, 15) is 9.32 Å². The van der Waals surface area contributed by atoms with Crippen LogP contribution in [-0.2, 0) is 11.5 Å². The first kappa shape index (κ1) is 34.6. The molecule has 1 unspecified atom stereocenters. The van der Waals surface area contributed by atoms with Gasteiger partial charge in [-0.25, -0.2) is 5.48 Å². The number of hydrogen-bond acceptors (Lipinski definition) is 7. The van der Waals surface area contributed by atoms with Crippen molar-refractivity contribution in [3.8, 4) is 0 Å². The number of aliphatic hydroxyl groups excluding tert-OH is 2. The van der Waals surface area contributed by atoms with E-state index in [1.165, 1.54) is 6.42 Å². The zero-order chi connectivity index (χ0) is 22.8. The van der Waals surface area contributed by atoms with Gasteiger partial charge in [-0.3, -0.25) is 28.9 Å². The summed E-state index contributed by atoms with van der Waals surface area (Å²) in [5.74, 6) is 2.26. The van der Waals surface area contributed by atoms with E-state index in [2.05, 4.69) is 29.2 Å². The molecule has 0 aliphatic heterocycles. The van der Waals surface area contributed by atoms with Gasteiger partial charge in [-0.05, 0) is 50.0 Å². The highest BCUT2D eigenvalue weighted by atomic mass is 19.3. The fourth-order valence-electron chi connectivity index (χ4n) is 2.73. The second kappa shape index (κ2) is 22.2. The zero-order valence-corrected chi connectivity index (χ0v) is 19.2. The first-order valence-electron chi connectivity index (χ1n) is 10.4. The molecule has 194 valence electrons. The average molecular weight is 477 g/mol. The number of nitrogens with one attached hydrogen (secondary N) is 3. The number of aliphatic hydroxyl groups is 2. The van der Waals surface area contributed by atoms with E-state index in [-0.39, 0.29) is 24.0 Å². The second-order valence-corrected chi connectivity index (χ2v) is 7.48. The first-order valence-corrected chi connectivity index (χ1v) is 10.4. The minimum Gasteiger partial charge on any atom is -0.396 e. The van der Waals surface area contributed by atoms with E-state index in [4.69, 9.17) is 15.4 Å². The van der Waals surface area contributed by atoms with Crippen LogP contribution >= 0.6 is 0 Å². The van der Waals surface area contributed by atoms with Gasteiger partial charge in [0.15, 0.2) is 6.29 Å². The maximum Gasteiger partial charge on any atom is 0.171 e. The number of hydrogen-bond donors (Lipinski definition) is 6. The Bertz CT molecular complexity index is 585. The molecule has 1 aromatic heterocycles. The number of hydroxylamine groups is 1. The van der Waals surface area contributed by atoms with Gasteiger partial charge in [-0.1, -0.05) is 13.8 Å². The normalized spacial score (nSPS) is 14.5. The average Bonchev–Trinajstić information content (AvgIpc) is 2.75. The number of aromatic amines is 1. The standard InChI is InChI=1S/C10H19N3O.C7H11FO2.C3H9NO2.2FH.H2/c1-8(2)5-4-6-13-9(7-14)10(11-3)12-13;8-10-7-3-1-6(5-9)2-4-7;5-3-1-2-4-6;;;/h7-8,11-12H,4-6H2,1-3H3;3,6,9H,1-2,4-5H2;4-6H,1-3H2;3*1H. The van der Waals surface area contributed by atoms with Crippen LogP contribution in [0.5, 0.6) is 0 Å². The van der Waals surface area contributed by atoms with Crippen LogP contribution < -0.4 is 10.8 Å². The van der Waals surface area contributed by atoms with Gasteiger partial charge in [0.05, 0.1) is 0 Å². The summed E-state index contributed by atoms with van der Waals surface area (Å²) in [6.07, 6.45) is 7.67. The molecule has 1 aliphatic carbocycles. The lowest BCUT2D eigenvalue weighted by molar-refractivity contribution is -0.0901. The summed E-state index contributed by atoms with van der Waals surface area (Å²) in [6, 6.07) is 0. The predicted octanol–water partition coefficient (Wildman–Crippen LogP) is 3.57. The Morgan fingerprint density at radius 3 is 2.44 bits per heavy atom. The van der Waals surface area contributed by atoms with Gasteiger partial charge in [0.25, 0.3) is 0 Å². The zero-order valence-electron chi connectivity index (χ0n) is 19.2. The SMILES string of the molecule is CNc1[nH]n(CCCC(C)C)c1C=O.F.F.OCC1CC=C(OF)CC1.OCCCNO.[HH]. The number of rotatable bonds is 11. The molecule has 2 rings (SSSR count). The minimum absolute atomic E-state index is 0. The number of nitrogens with zero attached hydrogens (tertiary/aromatic N) is 1. The summed E-state index contributed by atoms with van der Waals surface area (Å²) >= 11 is 0. The van der Waals surface area contributed by atoms with Crippen molar-refractivity contribution in [1.82, 2.24) is 15.3 Å². The fourth-order valence-corrected chi connectivity index (χ4v) is 2.73. The molecule has 0 radical (unpaired) electrons. The molecule has 0 bridgehead atoms. The predicted molar refractivity (Wildman–Crippen MR) is 121 cm³/mol. The minimum atomic E-state index is 0. The third-order valence-corrected chi connectivity index (χ3v) is 4.60. The fraction of sp³-hybridized carbons (Fsp3) is 0.750. The van der Waals surface area contributed by atoms with E-state index in [0.29, 0.717) is 31.1 Å². The molecule has 1 aromatic rings. The van der Waals surface area contributed by atoms with E-state index < -0.39 is 0 Å². The van der Waals surface area contributed by atoms with E-state index in [0.717, 1.165) is 49.5 Å². The molecule has 0 aromatic carbocycles. The van der Waals surface area contributed by atoms with Crippen LogP contribution in [0.25, 0.3) is 0 Å². The number of aromatic nitrogens is 2. The van der Waals surface area contributed by atoms with Crippen LogP contribution in [0.15, 0.2) is 11.8 Å². The third kappa shape index (κ3) is 14.9. The summed E-state index contributed by atoms with van der Waals surface area (Å²) < 4.78 is 13.4. The van der Waals surface area contributed by atoms with Crippen molar-refractivity contribution in [3.63, 3.8) is 0 Å². The molecule has 12 heteroatoms. The Labute approximate surface area is 189 Å². The van der Waals surface area contributed by atoms with Crippen LogP contribution in [-0.4, -0.2) is 58.3 Å². The molecule has 32 heavy (non-hydrogen) atoms. The van der Waals surface area contributed by atoms with Crippen molar-refractivity contribution in [1.29, 1.82) is 0 Å². The maximum atomic E-state index is 11.5. The van der Waals surface area contributed by atoms with Crippen LogP contribution in [0, 0.1) is 11.8 Å². The quantitative estimate of drug-likeness (QED) is 0.163. The van der Waals surface area contributed by atoms with Gasteiger partial charge >= 0.3 is 0 Å². The summed E-state index contributed by atoms with van der Waals surface area (Å²) in [7, 11) is 1.80. The highest BCUT2D eigenvalue weighted by molar-refractivity contribution is 5.80. The summed E-state index contributed by atoms with van der Waals surface area (Å²) in [6.45, 7) is 6.11. The molecular formula is C20H43F3N4O5. The molecule has 0 saturated carbocycles. The second-order valence-electron chi connectivity index (χ2n) is 7.48. The third-order valence-electron chi connectivity index (χ3n) is 4.60. The van der Waals surface area contributed by atoms with Gasteiger partial charge in [-0.15, -0.1) is 0 Å². The largest absolute Gasteiger partial charge is 0.396 e. The van der Waals surface area contributed by atoms with Crippen LogP contribution in [0.3, 0.4) is 0 Å². The lowest BCUT2D eigenvalue weighted by Gasteiger charge is -2.19. The Morgan fingerprint density at radius 2 is 2.06 bits per heavy atom. The van der Waals surface area contributed by atoms with Gasteiger partial charge in [0.1, 0.15) is 17.3 Å². The number of anilines is 1. The highest BCUT2D eigenvalue weighted by Gasteiger charge is 2.14. The summed E-state index contributed by atoms with van der Waals surface area (Å²) in [5, 5.41) is 30.6. The van der Waals surface area contributed by atoms with Crippen molar-refractivity contribution in [2.24, 2.45) is 11.8 Å². The Kier molecular flexibility index (Phi) is 24.0. The van der Waals surface area contributed by atoms with Crippen molar-refractivity contribution in [2.75, 3.05) is 32.1 Å². The lowest BCUT2D eigenvalue weighted by Crippen LogP contribution is -2.20. The van der Waals surface area contributed by atoms with Crippen molar-refractivity contribution in [2.45, 2.75) is 58.9 Å². The number of aryl methyl sites for hydroxylation is 1. The van der Waals surface area contributed by atoms with Crippen molar-refractivity contribution in [3.05, 3.63) is 17.5 Å². The summed E-state index contributed by atoms with van der Waals surface area (Å²) in [5.41, 5.74) is 2.64. The van der Waals surface area contributed by atoms with Crippen LogP contribution in [0.2, 0.25) is 0 Å². The maximum absolute atomic E-state index is 11.5. The Morgan fingerprint density at radius 1 is 1.38 bits per heavy atom. The van der Waals surface area contributed by atoms with Crippen LogP contribution in [0.4, 0.5) is 19.8 Å². The Hall–Kier alpha value is -2.02. The number of H-pyrrole nitrogens is 1. The molecule has 0 spiro atoms. The van der Waals surface area contributed by atoms with E-state index in [1.807, 2.05) is 10.2 Å². The van der Waals surface area contributed by atoms with E-state index >= 15 is 0 Å². The molecule has 6 N–H and O–H groups in total. The molecule has 0 amide bonds. The number of carbonyl (C=O) groups is 1. The topological polar surface area (TPSA) is 132 Å². The van der Waals surface area contributed by atoms with Crippen molar-refractivity contribution >= 4 is 12.1 Å². The molecule has 1 heterocycles. The molecule has 0 fully saturated rings. The lowest BCUT2D eigenvalue weighted by atomic mass is 9.94. The molecular weight excluding hydrogens is 433 g/mol. The smallest absolute Gasteiger partial charge is 0.171 e. The molecule has 1 atom stereocenters. The van der Waals surface area contributed by atoms with Gasteiger partial charge in [-0.2, -0.15) is 0 Å². The number of aldehydes is 1. The monoisotopic (exact) mass is 476 g/mol. The van der Waals surface area contributed by atoms with Gasteiger partial charge in [0.2, 0.25) is 0 Å².